The second kappa shape index (κ2) is 5.57. The maximum absolute atomic E-state index is 5.57. The summed E-state index contributed by atoms with van der Waals surface area (Å²) in [6.45, 7) is 7.10. The van der Waals surface area contributed by atoms with Gasteiger partial charge in [-0.2, -0.15) is 0 Å². The third-order valence-electron chi connectivity index (χ3n) is 2.73. The van der Waals surface area contributed by atoms with Crippen LogP contribution in [0.25, 0.3) is 0 Å². The summed E-state index contributed by atoms with van der Waals surface area (Å²) in [6.07, 6.45) is 4.58. The zero-order valence-electron chi connectivity index (χ0n) is 10.4. The minimum absolute atomic E-state index is 0.291. The van der Waals surface area contributed by atoms with E-state index >= 15 is 0 Å². The SMILES string of the molecule is CC1(C)OCC(NCCCn2ccnn2)CO1. The maximum atomic E-state index is 5.57. The molecule has 17 heavy (non-hydrogen) atoms. The first-order valence-corrected chi connectivity index (χ1v) is 6.01. The summed E-state index contributed by atoms with van der Waals surface area (Å²) < 4.78 is 13.0. The summed E-state index contributed by atoms with van der Waals surface area (Å²) in [6, 6.07) is 0.291. The minimum Gasteiger partial charge on any atom is -0.349 e. The van der Waals surface area contributed by atoms with Gasteiger partial charge in [0.25, 0.3) is 0 Å². The Labute approximate surface area is 101 Å². The molecule has 96 valence electrons. The highest BCUT2D eigenvalue weighted by Gasteiger charge is 2.27. The Hall–Kier alpha value is -0.980. The van der Waals surface area contributed by atoms with Crippen LogP contribution in [0.3, 0.4) is 0 Å². The van der Waals surface area contributed by atoms with E-state index < -0.39 is 5.79 Å². The quantitative estimate of drug-likeness (QED) is 0.755. The monoisotopic (exact) mass is 240 g/mol. The topological polar surface area (TPSA) is 61.2 Å². The first-order valence-electron chi connectivity index (χ1n) is 6.01. The molecule has 1 saturated heterocycles. The Morgan fingerprint density at radius 3 is 2.82 bits per heavy atom. The molecule has 1 N–H and O–H groups in total. The van der Waals surface area contributed by atoms with Crippen molar-refractivity contribution in [1.82, 2.24) is 20.3 Å². The van der Waals surface area contributed by atoms with E-state index in [0.29, 0.717) is 19.3 Å². The molecular formula is C11H20N4O2. The van der Waals surface area contributed by atoms with E-state index in [1.54, 1.807) is 6.20 Å². The van der Waals surface area contributed by atoms with Gasteiger partial charge in [0.05, 0.1) is 25.5 Å². The predicted molar refractivity (Wildman–Crippen MR) is 62.4 cm³/mol. The largest absolute Gasteiger partial charge is 0.349 e. The van der Waals surface area contributed by atoms with Gasteiger partial charge in [-0.3, -0.25) is 4.68 Å². The van der Waals surface area contributed by atoms with Crippen molar-refractivity contribution in [3.05, 3.63) is 12.4 Å². The van der Waals surface area contributed by atoms with Crippen molar-refractivity contribution in [3.8, 4) is 0 Å². The van der Waals surface area contributed by atoms with Crippen molar-refractivity contribution < 1.29 is 9.47 Å². The smallest absolute Gasteiger partial charge is 0.162 e. The molecule has 1 aliphatic heterocycles. The van der Waals surface area contributed by atoms with Gasteiger partial charge in [0.15, 0.2) is 5.79 Å². The Balaban J connectivity index is 1.57. The van der Waals surface area contributed by atoms with E-state index in [9.17, 15) is 0 Å². The fourth-order valence-electron chi connectivity index (χ4n) is 1.71. The van der Waals surface area contributed by atoms with Crippen LogP contribution in [-0.2, 0) is 16.0 Å². The van der Waals surface area contributed by atoms with Gasteiger partial charge in [-0.1, -0.05) is 5.21 Å². The van der Waals surface area contributed by atoms with Crippen LogP contribution >= 0.6 is 0 Å². The first kappa shape index (κ1) is 12.5. The molecule has 2 rings (SSSR count). The Bertz CT molecular complexity index is 316. The number of hydrogen-bond acceptors (Lipinski definition) is 5. The number of nitrogens with zero attached hydrogens (tertiary/aromatic N) is 3. The first-order chi connectivity index (χ1) is 8.16. The molecule has 1 fully saturated rings. The van der Waals surface area contributed by atoms with Gasteiger partial charge in [-0.25, -0.2) is 0 Å². The van der Waals surface area contributed by atoms with Crippen molar-refractivity contribution in [2.75, 3.05) is 19.8 Å². The van der Waals surface area contributed by atoms with Gasteiger partial charge >= 0.3 is 0 Å². The van der Waals surface area contributed by atoms with Crippen LogP contribution in [0.2, 0.25) is 0 Å². The summed E-state index contributed by atoms with van der Waals surface area (Å²) >= 11 is 0. The number of hydrogen-bond donors (Lipinski definition) is 1. The average Bonchev–Trinajstić information content (AvgIpc) is 2.79. The van der Waals surface area contributed by atoms with E-state index in [2.05, 4.69) is 15.6 Å². The summed E-state index contributed by atoms with van der Waals surface area (Å²) in [4.78, 5) is 0. The van der Waals surface area contributed by atoms with Crippen LogP contribution < -0.4 is 5.32 Å². The molecule has 0 unspecified atom stereocenters. The van der Waals surface area contributed by atoms with Crippen molar-refractivity contribution >= 4 is 0 Å². The third kappa shape index (κ3) is 4.07. The van der Waals surface area contributed by atoms with Crippen LogP contribution in [0, 0.1) is 0 Å². The van der Waals surface area contributed by atoms with Gasteiger partial charge in [0.1, 0.15) is 0 Å². The number of rotatable bonds is 5. The van der Waals surface area contributed by atoms with Crippen LogP contribution in [0.5, 0.6) is 0 Å². The van der Waals surface area contributed by atoms with Crippen molar-refractivity contribution in [1.29, 1.82) is 0 Å². The summed E-state index contributed by atoms with van der Waals surface area (Å²) in [5.41, 5.74) is 0. The normalized spacial score (nSPS) is 20.6. The lowest BCUT2D eigenvalue weighted by atomic mass is 10.2. The molecule has 0 aromatic carbocycles. The Morgan fingerprint density at radius 2 is 2.18 bits per heavy atom. The van der Waals surface area contributed by atoms with Gasteiger partial charge in [0, 0.05) is 12.7 Å². The van der Waals surface area contributed by atoms with Gasteiger partial charge in [-0.05, 0) is 26.8 Å². The molecule has 1 aromatic heterocycles. The van der Waals surface area contributed by atoms with Crippen LogP contribution in [0.15, 0.2) is 12.4 Å². The zero-order valence-corrected chi connectivity index (χ0v) is 10.4. The molecule has 0 aliphatic carbocycles. The van der Waals surface area contributed by atoms with Crippen molar-refractivity contribution in [2.24, 2.45) is 0 Å². The Morgan fingerprint density at radius 1 is 1.41 bits per heavy atom. The lowest BCUT2D eigenvalue weighted by molar-refractivity contribution is -0.252. The summed E-state index contributed by atoms with van der Waals surface area (Å²) in [7, 11) is 0. The molecule has 0 saturated carbocycles. The number of aromatic nitrogens is 3. The lowest BCUT2D eigenvalue weighted by Crippen LogP contribution is -2.48. The van der Waals surface area contributed by atoms with Crippen LogP contribution in [0.4, 0.5) is 0 Å². The van der Waals surface area contributed by atoms with Crippen molar-refractivity contribution in [2.45, 2.75) is 38.6 Å². The lowest BCUT2D eigenvalue weighted by Gasteiger charge is -2.35. The second-order valence-corrected chi connectivity index (χ2v) is 4.69. The maximum Gasteiger partial charge on any atom is 0.162 e. The van der Waals surface area contributed by atoms with E-state index in [4.69, 9.17) is 9.47 Å². The van der Waals surface area contributed by atoms with E-state index in [1.807, 2.05) is 24.7 Å². The number of ether oxygens (including phenoxy) is 2. The predicted octanol–water partition coefficient (Wildman–Crippen LogP) is 0.409. The van der Waals surface area contributed by atoms with E-state index in [1.165, 1.54) is 0 Å². The zero-order chi connectivity index (χ0) is 12.1. The molecule has 2 heterocycles. The van der Waals surface area contributed by atoms with Crippen LogP contribution in [-0.4, -0.2) is 46.6 Å². The fourth-order valence-corrected chi connectivity index (χ4v) is 1.71. The van der Waals surface area contributed by atoms with E-state index in [-0.39, 0.29) is 0 Å². The van der Waals surface area contributed by atoms with Gasteiger partial charge in [-0.15, -0.1) is 5.10 Å². The average molecular weight is 240 g/mol. The molecule has 0 amide bonds. The molecule has 6 nitrogen and oxygen atoms in total. The van der Waals surface area contributed by atoms with Crippen molar-refractivity contribution in [3.63, 3.8) is 0 Å². The molecule has 6 heteroatoms. The highest BCUT2D eigenvalue weighted by molar-refractivity contribution is 4.73. The molecule has 0 atom stereocenters. The fraction of sp³-hybridized carbons (Fsp3) is 0.818. The van der Waals surface area contributed by atoms with Gasteiger partial charge in [0.2, 0.25) is 0 Å². The number of nitrogens with one attached hydrogen (secondary N) is 1. The second-order valence-electron chi connectivity index (χ2n) is 4.69. The molecular weight excluding hydrogens is 220 g/mol. The highest BCUT2D eigenvalue weighted by atomic mass is 16.7. The molecule has 1 aromatic rings. The van der Waals surface area contributed by atoms with Gasteiger partial charge < -0.3 is 14.8 Å². The highest BCUT2D eigenvalue weighted by Crippen LogP contribution is 2.16. The molecule has 1 aliphatic rings. The minimum atomic E-state index is -0.432. The third-order valence-corrected chi connectivity index (χ3v) is 2.73. The summed E-state index contributed by atoms with van der Waals surface area (Å²) in [5.74, 6) is -0.432. The molecule has 0 radical (unpaired) electrons. The molecule has 0 spiro atoms. The molecule has 0 bridgehead atoms. The number of aryl methyl sites for hydroxylation is 1. The van der Waals surface area contributed by atoms with Crippen LogP contribution in [0.1, 0.15) is 20.3 Å². The Kier molecular flexibility index (Phi) is 4.09. The summed E-state index contributed by atoms with van der Waals surface area (Å²) in [5, 5.41) is 11.1. The standard InChI is InChI=1S/C11H20N4O2/c1-11(2)16-8-10(9-17-11)12-4-3-6-15-7-5-13-14-15/h5,7,10,12H,3-4,6,8-9H2,1-2H3. The van der Waals surface area contributed by atoms with E-state index in [0.717, 1.165) is 19.5 Å².